The van der Waals surface area contributed by atoms with Gasteiger partial charge in [-0.25, -0.2) is 4.98 Å². The van der Waals surface area contributed by atoms with Crippen LogP contribution in [-0.4, -0.2) is 25.4 Å². The average Bonchev–Trinajstić information content (AvgIpc) is 3.40. The quantitative estimate of drug-likeness (QED) is 0.234. The molecule has 4 aromatic rings. The fourth-order valence-corrected chi connectivity index (χ4v) is 5.67. The predicted molar refractivity (Wildman–Crippen MR) is 116 cm³/mol. The molecule has 28 heavy (non-hydrogen) atoms. The van der Waals surface area contributed by atoms with Gasteiger partial charge in [-0.3, -0.25) is 9.36 Å². The summed E-state index contributed by atoms with van der Waals surface area (Å²) in [4.78, 5) is 25.1. The van der Waals surface area contributed by atoms with E-state index in [-0.39, 0.29) is 5.56 Å². The number of hydrogen-bond donors (Lipinski definition) is 0. The van der Waals surface area contributed by atoms with Gasteiger partial charge >= 0.3 is 0 Å². The molecule has 0 fully saturated rings. The molecule has 146 valence electrons. The third kappa shape index (κ3) is 3.66. The molecule has 0 N–H and O–H groups in total. The minimum absolute atomic E-state index is 0.0642. The van der Waals surface area contributed by atoms with Crippen LogP contribution in [0.2, 0.25) is 0 Å². The molecule has 0 spiro atoms. The zero-order valence-electron chi connectivity index (χ0n) is 15.9. The van der Waals surface area contributed by atoms with E-state index in [0.717, 1.165) is 42.9 Å². The Hall–Kier alpha value is -1.97. The molecule has 6 nitrogen and oxygen atoms in total. The van der Waals surface area contributed by atoms with E-state index in [1.54, 1.807) is 39.0 Å². The minimum Gasteiger partial charge on any atom is -0.339 e. The second-order valence-electron chi connectivity index (χ2n) is 6.35. The highest BCUT2D eigenvalue weighted by Crippen LogP contribution is 2.28. The van der Waals surface area contributed by atoms with Gasteiger partial charge < -0.3 is 4.52 Å². The van der Waals surface area contributed by atoms with Crippen LogP contribution >= 0.6 is 34.4 Å². The van der Waals surface area contributed by atoms with Crippen LogP contribution in [0, 0.1) is 13.8 Å². The molecule has 4 heterocycles. The fourth-order valence-electron chi connectivity index (χ4n) is 2.95. The summed E-state index contributed by atoms with van der Waals surface area (Å²) in [6, 6.07) is 3.95. The molecule has 4 aromatic heterocycles. The standard InChI is InChI=1S/C19H20N4O2S3/c1-4-23-18(24)15-11(2)12(3)28-17(15)21-19(23)27-10-6-8-14-20-16(22-25-14)13-7-5-9-26-13/h5,7,9H,4,6,8,10H2,1-3H3. The third-order valence-electron chi connectivity index (χ3n) is 4.55. The predicted octanol–water partition coefficient (Wildman–Crippen LogP) is 4.93. The van der Waals surface area contributed by atoms with Crippen molar-refractivity contribution in [2.45, 2.75) is 45.3 Å². The number of fused-ring (bicyclic) bond motifs is 1. The van der Waals surface area contributed by atoms with Gasteiger partial charge in [0.25, 0.3) is 5.56 Å². The van der Waals surface area contributed by atoms with Gasteiger partial charge in [0, 0.05) is 23.6 Å². The van der Waals surface area contributed by atoms with E-state index in [1.807, 2.05) is 38.3 Å². The molecule has 0 unspecified atom stereocenters. The van der Waals surface area contributed by atoms with Crippen LogP contribution in [0.1, 0.15) is 29.7 Å². The van der Waals surface area contributed by atoms with Crippen LogP contribution in [-0.2, 0) is 13.0 Å². The first-order valence-electron chi connectivity index (χ1n) is 9.08. The highest BCUT2D eigenvalue weighted by atomic mass is 32.2. The number of thiophene rings is 2. The monoisotopic (exact) mass is 432 g/mol. The van der Waals surface area contributed by atoms with E-state index in [1.165, 1.54) is 0 Å². The Bertz CT molecular complexity index is 1160. The highest BCUT2D eigenvalue weighted by molar-refractivity contribution is 7.99. The van der Waals surface area contributed by atoms with Crippen LogP contribution in [0.3, 0.4) is 0 Å². The first-order valence-corrected chi connectivity index (χ1v) is 11.8. The lowest BCUT2D eigenvalue weighted by molar-refractivity contribution is 0.378. The van der Waals surface area contributed by atoms with Gasteiger partial charge in [0.05, 0.1) is 10.3 Å². The maximum atomic E-state index is 12.9. The maximum Gasteiger partial charge on any atom is 0.263 e. The molecule has 0 aliphatic rings. The zero-order valence-corrected chi connectivity index (χ0v) is 18.3. The summed E-state index contributed by atoms with van der Waals surface area (Å²) in [6.45, 7) is 6.64. The lowest BCUT2D eigenvalue weighted by Crippen LogP contribution is -2.22. The molecule has 0 bridgehead atoms. The van der Waals surface area contributed by atoms with Crippen molar-refractivity contribution in [1.82, 2.24) is 19.7 Å². The van der Waals surface area contributed by atoms with Gasteiger partial charge in [-0.05, 0) is 44.2 Å². The second kappa shape index (κ2) is 8.18. The smallest absolute Gasteiger partial charge is 0.263 e. The maximum absolute atomic E-state index is 12.9. The van der Waals surface area contributed by atoms with Crippen molar-refractivity contribution in [3.8, 4) is 10.7 Å². The second-order valence-corrected chi connectivity index (χ2v) is 9.56. The van der Waals surface area contributed by atoms with Crippen molar-refractivity contribution >= 4 is 44.7 Å². The first kappa shape index (κ1) is 19.4. The molecular weight excluding hydrogens is 412 g/mol. The Kier molecular flexibility index (Phi) is 5.65. The zero-order chi connectivity index (χ0) is 19.7. The molecule has 0 amide bonds. The summed E-state index contributed by atoms with van der Waals surface area (Å²) in [6.07, 6.45) is 1.58. The Morgan fingerprint density at radius 2 is 2.14 bits per heavy atom. The van der Waals surface area contributed by atoms with Crippen LogP contribution in [0.5, 0.6) is 0 Å². The number of thioether (sulfide) groups is 1. The van der Waals surface area contributed by atoms with Crippen molar-refractivity contribution in [1.29, 1.82) is 0 Å². The molecule has 0 aromatic carbocycles. The molecule has 4 rings (SSSR count). The average molecular weight is 433 g/mol. The van der Waals surface area contributed by atoms with Gasteiger partial charge in [-0.15, -0.1) is 22.7 Å². The first-order chi connectivity index (χ1) is 13.6. The van der Waals surface area contributed by atoms with E-state index < -0.39 is 0 Å². The van der Waals surface area contributed by atoms with Gasteiger partial charge in [0.1, 0.15) is 4.83 Å². The number of aryl methyl sites for hydroxylation is 3. The summed E-state index contributed by atoms with van der Waals surface area (Å²) in [7, 11) is 0. The van der Waals surface area contributed by atoms with Gasteiger partial charge in [-0.2, -0.15) is 4.98 Å². The lowest BCUT2D eigenvalue weighted by atomic mass is 10.2. The summed E-state index contributed by atoms with van der Waals surface area (Å²) in [5.74, 6) is 2.12. The van der Waals surface area contributed by atoms with E-state index in [0.29, 0.717) is 24.7 Å². The van der Waals surface area contributed by atoms with E-state index in [4.69, 9.17) is 9.51 Å². The van der Waals surface area contributed by atoms with E-state index >= 15 is 0 Å². The van der Waals surface area contributed by atoms with Crippen LogP contribution in [0.15, 0.2) is 32.0 Å². The van der Waals surface area contributed by atoms with Gasteiger partial charge in [-0.1, -0.05) is 23.0 Å². The Balaban J connectivity index is 1.44. The Labute approximate surface area is 174 Å². The van der Waals surface area contributed by atoms with Crippen molar-refractivity contribution in [2.24, 2.45) is 0 Å². The van der Waals surface area contributed by atoms with Crippen LogP contribution in [0.25, 0.3) is 20.9 Å². The molecule has 0 saturated heterocycles. The SMILES string of the molecule is CCn1c(SCCCc2nc(-c3cccs3)no2)nc2sc(C)c(C)c2c1=O. The van der Waals surface area contributed by atoms with Crippen molar-refractivity contribution in [2.75, 3.05) is 5.75 Å². The van der Waals surface area contributed by atoms with Crippen molar-refractivity contribution < 1.29 is 4.52 Å². The molecule has 0 aliphatic carbocycles. The summed E-state index contributed by atoms with van der Waals surface area (Å²) in [5.41, 5.74) is 1.11. The number of aromatic nitrogens is 4. The molecule has 0 atom stereocenters. The molecule has 0 aliphatic heterocycles. The fraction of sp³-hybridized carbons (Fsp3) is 0.368. The van der Waals surface area contributed by atoms with E-state index in [9.17, 15) is 4.79 Å². The molecule has 0 saturated carbocycles. The molecule has 0 radical (unpaired) electrons. The van der Waals surface area contributed by atoms with Crippen molar-refractivity contribution in [3.63, 3.8) is 0 Å². The minimum atomic E-state index is 0.0642. The topological polar surface area (TPSA) is 73.8 Å². The van der Waals surface area contributed by atoms with Gasteiger partial charge in [0.2, 0.25) is 11.7 Å². The highest BCUT2D eigenvalue weighted by Gasteiger charge is 2.16. The number of nitrogens with zero attached hydrogens (tertiary/aromatic N) is 4. The normalized spacial score (nSPS) is 11.5. The lowest BCUT2D eigenvalue weighted by Gasteiger charge is -2.09. The third-order valence-corrected chi connectivity index (χ3v) is 7.58. The van der Waals surface area contributed by atoms with E-state index in [2.05, 4.69) is 10.1 Å². The van der Waals surface area contributed by atoms with Crippen molar-refractivity contribution in [3.05, 3.63) is 44.2 Å². The summed E-state index contributed by atoms with van der Waals surface area (Å²) < 4.78 is 7.12. The molecular formula is C19H20N4O2S3. The number of rotatable bonds is 7. The van der Waals surface area contributed by atoms with Crippen LogP contribution in [0.4, 0.5) is 0 Å². The molecule has 9 heteroatoms. The van der Waals surface area contributed by atoms with Crippen LogP contribution < -0.4 is 5.56 Å². The summed E-state index contributed by atoms with van der Waals surface area (Å²) in [5, 5.41) is 7.58. The number of hydrogen-bond acceptors (Lipinski definition) is 8. The van der Waals surface area contributed by atoms with Gasteiger partial charge in [0.15, 0.2) is 5.16 Å². The summed E-state index contributed by atoms with van der Waals surface area (Å²) >= 11 is 4.80. The Morgan fingerprint density at radius 3 is 2.89 bits per heavy atom. The largest absolute Gasteiger partial charge is 0.339 e. The Morgan fingerprint density at radius 1 is 1.29 bits per heavy atom.